The van der Waals surface area contributed by atoms with Gasteiger partial charge in [0.2, 0.25) is 6.71 Å². The first-order valence-electron chi connectivity index (χ1n) is 25.1. The number of rotatable bonds is 6. The van der Waals surface area contributed by atoms with Gasteiger partial charge in [-0.15, -0.1) is 0 Å². The van der Waals surface area contributed by atoms with E-state index in [0.29, 0.717) is 0 Å². The van der Waals surface area contributed by atoms with Crippen molar-refractivity contribution < 1.29 is 0 Å². The van der Waals surface area contributed by atoms with Gasteiger partial charge in [0.15, 0.2) is 0 Å². The lowest BCUT2D eigenvalue weighted by atomic mass is 9.30. The molecule has 69 heavy (non-hydrogen) atoms. The van der Waals surface area contributed by atoms with Gasteiger partial charge >= 0.3 is 0 Å². The third-order valence-electron chi connectivity index (χ3n) is 15.5. The Balaban J connectivity index is 1.14. The Morgan fingerprint density at radius 3 is 1.52 bits per heavy atom. The number of allylic oxidation sites excluding steroid dienone is 1. The van der Waals surface area contributed by atoms with Crippen molar-refractivity contribution in [3.63, 3.8) is 0 Å². The summed E-state index contributed by atoms with van der Waals surface area (Å²) in [4.78, 5) is 5.16. The molecule has 0 bridgehead atoms. The van der Waals surface area contributed by atoms with E-state index in [1.165, 1.54) is 100 Å². The van der Waals surface area contributed by atoms with Crippen molar-refractivity contribution in [1.82, 2.24) is 0 Å². The van der Waals surface area contributed by atoms with Crippen molar-refractivity contribution in [1.29, 1.82) is 0 Å². The Kier molecular flexibility index (Phi) is 10.4. The van der Waals surface area contributed by atoms with Crippen molar-refractivity contribution in [3.05, 3.63) is 238 Å². The molecular formula is C66H65BN2. The predicted octanol–water partition coefficient (Wildman–Crippen LogP) is 16.2. The van der Waals surface area contributed by atoms with E-state index >= 15 is 0 Å². The lowest BCUT2D eigenvalue weighted by molar-refractivity contribution is 0.589. The van der Waals surface area contributed by atoms with Crippen LogP contribution < -0.4 is 20.7 Å². The maximum absolute atomic E-state index is 2.60. The minimum Gasteiger partial charge on any atom is -0.311 e. The molecule has 0 amide bonds. The largest absolute Gasteiger partial charge is 0.311 e. The molecule has 8 aromatic carbocycles. The van der Waals surface area contributed by atoms with Gasteiger partial charge in [0.25, 0.3) is 0 Å². The van der Waals surface area contributed by atoms with Gasteiger partial charge in [0.05, 0.1) is 0 Å². The fraction of sp³-hybridized carbons (Fsp3) is 0.242. The summed E-state index contributed by atoms with van der Waals surface area (Å²) in [5.41, 5.74) is 24.5. The van der Waals surface area contributed by atoms with Gasteiger partial charge in [-0.05, 0) is 120 Å². The topological polar surface area (TPSA) is 6.48 Å². The smallest absolute Gasteiger partial charge is 0.248 e. The van der Waals surface area contributed by atoms with Crippen LogP contribution in [0.15, 0.2) is 194 Å². The zero-order chi connectivity index (χ0) is 48.2. The monoisotopic (exact) mass is 897 g/mol. The minimum atomic E-state index is -0.253. The number of benzene rings is 8. The molecule has 3 aliphatic rings. The SMILES string of the molecule is CC(C)(C)c1ccc(-c2cccc(N3C4=C(B5c6ccc(C(c7ccc(C(C)(C)C)cc7)c7ccc(C(C)(C)C)cc7)cc6N(c6ccccc6)c6cccc3c65)C(C)(C)c3ccccc34)c2)cc1. The molecule has 11 rings (SSSR count). The summed E-state index contributed by atoms with van der Waals surface area (Å²) < 4.78 is 0. The maximum Gasteiger partial charge on any atom is 0.248 e. The van der Waals surface area contributed by atoms with Crippen LogP contribution in [0, 0.1) is 0 Å². The fourth-order valence-electron chi connectivity index (χ4n) is 11.7. The van der Waals surface area contributed by atoms with Crippen LogP contribution in [0.3, 0.4) is 0 Å². The molecule has 0 spiro atoms. The van der Waals surface area contributed by atoms with E-state index in [9.17, 15) is 0 Å². The predicted molar refractivity (Wildman–Crippen MR) is 296 cm³/mol. The summed E-state index contributed by atoms with van der Waals surface area (Å²) in [6.07, 6.45) is 0. The summed E-state index contributed by atoms with van der Waals surface area (Å²) >= 11 is 0. The van der Waals surface area contributed by atoms with Crippen LogP contribution in [-0.4, -0.2) is 6.71 Å². The number of hydrogen-bond acceptors (Lipinski definition) is 2. The van der Waals surface area contributed by atoms with Gasteiger partial charge in [-0.2, -0.15) is 0 Å². The van der Waals surface area contributed by atoms with Crippen LogP contribution in [0.4, 0.5) is 28.4 Å². The van der Waals surface area contributed by atoms with Gasteiger partial charge in [-0.25, -0.2) is 0 Å². The Morgan fingerprint density at radius 1 is 0.420 bits per heavy atom. The molecule has 8 aromatic rings. The number of hydrogen-bond donors (Lipinski definition) is 0. The molecule has 0 unspecified atom stereocenters. The van der Waals surface area contributed by atoms with Crippen LogP contribution in [0.25, 0.3) is 16.8 Å². The van der Waals surface area contributed by atoms with Gasteiger partial charge < -0.3 is 9.80 Å². The molecule has 2 nitrogen and oxygen atoms in total. The number of fused-ring (bicyclic) bond motifs is 5. The molecule has 0 aromatic heterocycles. The van der Waals surface area contributed by atoms with Crippen LogP contribution in [-0.2, 0) is 21.7 Å². The third kappa shape index (κ3) is 7.48. The molecule has 0 saturated carbocycles. The minimum absolute atomic E-state index is 0.0255. The van der Waals surface area contributed by atoms with Gasteiger partial charge in [-0.1, -0.05) is 227 Å². The number of anilines is 5. The van der Waals surface area contributed by atoms with E-state index in [-0.39, 0.29) is 34.3 Å². The normalized spacial score (nSPS) is 15.0. The van der Waals surface area contributed by atoms with Crippen molar-refractivity contribution in [2.75, 3.05) is 9.80 Å². The lowest BCUT2D eigenvalue weighted by Crippen LogP contribution is -2.57. The number of nitrogens with zero attached hydrogens (tertiary/aromatic N) is 2. The van der Waals surface area contributed by atoms with Crippen LogP contribution >= 0.6 is 0 Å². The van der Waals surface area contributed by atoms with Crippen LogP contribution in [0.1, 0.15) is 127 Å². The summed E-state index contributed by atoms with van der Waals surface area (Å²) in [5, 5.41) is 0. The molecule has 0 fully saturated rings. The first-order chi connectivity index (χ1) is 32.9. The molecule has 0 atom stereocenters. The Morgan fingerprint density at radius 2 is 0.928 bits per heavy atom. The highest BCUT2D eigenvalue weighted by Gasteiger charge is 2.53. The standard InChI is InChI=1S/C66H65BN2/c1-63(2,3)48-34-27-43(28-35-48)46-19-17-22-52(41-46)69-57-26-18-25-56-60(57)67(62-61(69)53-23-15-16-24-54(53)66(62,10)11)55-40-33-47(42-58(55)68(56)51-20-13-12-14-21-51)59(44-29-36-49(37-30-44)64(4,5)6)45-31-38-50(39-32-45)65(7,8)9/h12-42,59H,1-11H3. The van der Waals surface area contributed by atoms with Crippen molar-refractivity contribution in [2.24, 2.45) is 0 Å². The second kappa shape index (κ2) is 16.1. The zero-order valence-electron chi connectivity index (χ0n) is 42.4. The van der Waals surface area contributed by atoms with Crippen LogP contribution in [0.5, 0.6) is 0 Å². The molecule has 1 aliphatic carbocycles. The van der Waals surface area contributed by atoms with E-state index < -0.39 is 0 Å². The van der Waals surface area contributed by atoms with Gasteiger partial charge in [-0.3, -0.25) is 0 Å². The summed E-state index contributed by atoms with van der Waals surface area (Å²) in [5.74, 6) is 0.0319. The molecule has 2 aliphatic heterocycles. The van der Waals surface area contributed by atoms with E-state index in [1.54, 1.807) is 0 Å². The van der Waals surface area contributed by atoms with Crippen molar-refractivity contribution in [2.45, 2.75) is 104 Å². The summed E-state index contributed by atoms with van der Waals surface area (Å²) in [7, 11) is 0. The molecule has 0 N–H and O–H groups in total. The van der Waals surface area contributed by atoms with Gasteiger partial charge in [0, 0.05) is 51.0 Å². The third-order valence-corrected chi connectivity index (χ3v) is 15.5. The molecular weight excluding hydrogens is 832 g/mol. The zero-order valence-corrected chi connectivity index (χ0v) is 42.4. The number of para-hydroxylation sites is 1. The molecule has 0 saturated heterocycles. The Bertz CT molecular complexity index is 3220. The van der Waals surface area contributed by atoms with Crippen LogP contribution in [0.2, 0.25) is 0 Å². The highest BCUT2D eigenvalue weighted by molar-refractivity contribution is 6.96. The van der Waals surface area contributed by atoms with E-state index in [4.69, 9.17) is 0 Å². The first kappa shape index (κ1) is 44.7. The fourth-order valence-corrected chi connectivity index (χ4v) is 11.7. The van der Waals surface area contributed by atoms with E-state index in [1.807, 2.05) is 0 Å². The second-order valence-corrected chi connectivity index (χ2v) is 23.5. The highest BCUT2D eigenvalue weighted by Crippen LogP contribution is 2.56. The average molecular weight is 897 g/mol. The summed E-state index contributed by atoms with van der Waals surface area (Å²) in [6.45, 7) is 25.6. The summed E-state index contributed by atoms with van der Waals surface area (Å²) in [6, 6.07) is 72.0. The Hall–Kier alpha value is -6.84. The highest BCUT2D eigenvalue weighted by atomic mass is 15.2. The quantitative estimate of drug-likeness (QED) is 0.121. The second-order valence-electron chi connectivity index (χ2n) is 23.5. The van der Waals surface area contributed by atoms with Crippen molar-refractivity contribution >= 4 is 51.8 Å². The lowest BCUT2D eigenvalue weighted by Gasteiger charge is -2.46. The molecule has 3 heteroatoms. The van der Waals surface area contributed by atoms with E-state index in [2.05, 4.69) is 274 Å². The maximum atomic E-state index is 2.60. The Labute approximate surface area is 412 Å². The molecule has 0 radical (unpaired) electrons. The average Bonchev–Trinajstić information content (AvgIpc) is 3.57. The first-order valence-corrected chi connectivity index (χ1v) is 25.1. The van der Waals surface area contributed by atoms with Crippen molar-refractivity contribution in [3.8, 4) is 11.1 Å². The van der Waals surface area contributed by atoms with E-state index in [0.717, 1.165) is 5.69 Å². The molecule has 2 heterocycles. The van der Waals surface area contributed by atoms with Gasteiger partial charge in [0.1, 0.15) is 0 Å². The molecule has 342 valence electrons.